The number of amides is 2. The molecule has 1 aromatic carbocycles. The molecular formula is C13H16N2O4S. The van der Waals surface area contributed by atoms with Crippen LogP contribution in [-0.2, 0) is 25.7 Å². The number of carbonyl (C=O) groups excluding carboxylic acids is 3. The van der Waals surface area contributed by atoms with Crippen LogP contribution in [0.25, 0.3) is 0 Å². The molecule has 0 radical (unpaired) electrons. The molecular weight excluding hydrogens is 280 g/mol. The summed E-state index contributed by atoms with van der Waals surface area (Å²) in [4.78, 5) is 35.6. The van der Waals surface area contributed by atoms with E-state index in [1.807, 2.05) is 18.2 Å². The number of benzene rings is 1. The van der Waals surface area contributed by atoms with Gasteiger partial charge in [-0.25, -0.2) is 0 Å². The van der Waals surface area contributed by atoms with Gasteiger partial charge in [0.05, 0.1) is 13.7 Å². The Kier molecular flexibility index (Phi) is 6.58. The van der Waals surface area contributed by atoms with Crippen molar-refractivity contribution >= 4 is 30.9 Å². The normalized spacial score (nSPS) is 9.70. The largest absolute Gasteiger partial charge is 0.468 e. The van der Waals surface area contributed by atoms with Crippen LogP contribution in [0, 0.1) is 0 Å². The zero-order valence-electron chi connectivity index (χ0n) is 11.0. The molecule has 0 atom stereocenters. The number of nitrogens with zero attached hydrogens (tertiary/aromatic N) is 1. The summed E-state index contributed by atoms with van der Waals surface area (Å²) in [6.45, 7) is -0.138. The van der Waals surface area contributed by atoms with Crippen LogP contribution in [0.5, 0.6) is 0 Å². The van der Waals surface area contributed by atoms with Crippen molar-refractivity contribution in [1.82, 2.24) is 10.2 Å². The molecule has 1 N–H and O–H groups in total. The molecule has 0 aliphatic carbocycles. The van der Waals surface area contributed by atoms with E-state index in [1.54, 1.807) is 6.07 Å². The molecule has 6 nitrogen and oxygen atoms in total. The van der Waals surface area contributed by atoms with Gasteiger partial charge in [-0.3, -0.25) is 14.4 Å². The Labute approximate surface area is 122 Å². The third-order valence-electron chi connectivity index (χ3n) is 2.59. The average Bonchev–Trinajstić information content (AvgIpc) is 2.46. The number of methoxy groups -OCH3 is 1. The Balaban J connectivity index is 2.81. The summed E-state index contributed by atoms with van der Waals surface area (Å²) in [6, 6.07) is 7.25. The van der Waals surface area contributed by atoms with Gasteiger partial charge in [-0.1, -0.05) is 18.2 Å². The van der Waals surface area contributed by atoms with Gasteiger partial charge in [0.1, 0.15) is 6.54 Å². The fraction of sp³-hybridized carbons (Fsp3) is 0.308. The number of ether oxygens (including phenoxy) is 1. The molecule has 0 bridgehead atoms. The lowest BCUT2D eigenvalue weighted by molar-refractivity contribution is -0.147. The van der Waals surface area contributed by atoms with Crippen LogP contribution in [0.2, 0.25) is 0 Å². The molecule has 1 aromatic rings. The van der Waals surface area contributed by atoms with E-state index in [9.17, 15) is 14.4 Å². The van der Waals surface area contributed by atoms with Gasteiger partial charge in [0.25, 0.3) is 0 Å². The molecule has 7 heteroatoms. The topological polar surface area (TPSA) is 75.7 Å². The first kappa shape index (κ1) is 16.0. The first-order chi connectivity index (χ1) is 9.58. The monoisotopic (exact) mass is 296 g/mol. The standard InChI is InChI=1S/C13H16N2O4S/c1-19-13(18)8-15(12(17)6-14-9-16)7-10-4-2-3-5-11(10)20/h2-5,9,20H,6-8H2,1H3,(H,14,16). The van der Waals surface area contributed by atoms with Crippen LogP contribution in [-0.4, -0.2) is 43.4 Å². The number of hydrogen-bond acceptors (Lipinski definition) is 5. The van der Waals surface area contributed by atoms with Crippen LogP contribution in [0.4, 0.5) is 0 Å². The quantitative estimate of drug-likeness (QED) is 0.429. The highest BCUT2D eigenvalue weighted by atomic mass is 32.1. The lowest BCUT2D eigenvalue weighted by Gasteiger charge is -2.22. The minimum Gasteiger partial charge on any atom is -0.468 e. The van der Waals surface area contributed by atoms with Gasteiger partial charge in [-0.15, -0.1) is 12.6 Å². The minimum absolute atomic E-state index is 0.171. The van der Waals surface area contributed by atoms with Crippen molar-refractivity contribution in [3.63, 3.8) is 0 Å². The number of carbonyl (C=O) groups is 3. The van der Waals surface area contributed by atoms with Crippen molar-refractivity contribution in [3.8, 4) is 0 Å². The lowest BCUT2D eigenvalue weighted by Crippen LogP contribution is -2.40. The summed E-state index contributed by atoms with van der Waals surface area (Å²) in [5.41, 5.74) is 0.805. The number of rotatable bonds is 7. The van der Waals surface area contributed by atoms with E-state index in [-0.39, 0.29) is 25.5 Å². The summed E-state index contributed by atoms with van der Waals surface area (Å²) < 4.78 is 4.56. The van der Waals surface area contributed by atoms with E-state index < -0.39 is 5.97 Å². The summed E-state index contributed by atoms with van der Waals surface area (Å²) in [5.74, 6) is -0.903. The fourth-order valence-electron chi connectivity index (χ4n) is 1.54. The molecule has 0 aliphatic rings. The van der Waals surface area contributed by atoms with Crippen molar-refractivity contribution in [3.05, 3.63) is 29.8 Å². The number of thiol groups is 1. The summed E-state index contributed by atoms with van der Waals surface area (Å²) in [7, 11) is 1.25. The number of esters is 1. The van der Waals surface area contributed by atoms with E-state index in [0.717, 1.165) is 10.5 Å². The van der Waals surface area contributed by atoms with Crippen LogP contribution < -0.4 is 5.32 Å². The summed E-state index contributed by atoms with van der Waals surface area (Å²) >= 11 is 4.30. The van der Waals surface area contributed by atoms with Crippen molar-refractivity contribution < 1.29 is 19.1 Å². The number of hydrogen-bond donors (Lipinski definition) is 2. The maximum atomic E-state index is 11.9. The maximum Gasteiger partial charge on any atom is 0.325 e. The Morgan fingerprint density at radius 2 is 2.10 bits per heavy atom. The molecule has 0 aliphatic heterocycles. The van der Waals surface area contributed by atoms with Gasteiger partial charge < -0.3 is 15.0 Å². The van der Waals surface area contributed by atoms with Crippen molar-refractivity contribution in [1.29, 1.82) is 0 Å². The first-order valence-electron chi connectivity index (χ1n) is 5.87. The highest BCUT2D eigenvalue weighted by molar-refractivity contribution is 7.80. The predicted molar refractivity (Wildman–Crippen MR) is 75.2 cm³/mol. The summed E-state index contributed by atoms with van der Waals surface area (Å²) in [6.07, 6.45) is 0.431. The highest BCUT2D eigenvalue weighted by Gasteiger charge is 2.18. The van der Waals surface area contributed by atoms with Crippen molar-refractivity contribution in [2.24, 2.45) is 0 Å². The Hall–Kier alpha value is -2.02. The third kappa shape index (κ3) is 4.93. The molecule has 0 fully saturated rings. The Bertz CT molecular complexity index is 493. The molecule has 0 spiro atoms. The zero-order chi connectivity index (χ0) is 15.0. The molecule has 108 valence electrons. The molecule has 0 aromatic heterocycles. The SMILES string of the molecule is COC(=O)CN(Cc1ccccc1S)C(=O)CNC=O. The van der Waals surface area contributed by atoms with Gasteiger partial charge >= 0.3 is 5.97 Å². The van der Waals surface area contributed by atoms with Crippen molar-refractivity contribution in [2.75, 3.05) is 20.2 Å². The van der Waals surface area contributed by atoms with Crippen LogP contribution in [0.1, 0.15) is 5.56 Å². The maximum absolute atomic E-state index is 11.9. The summed E-state index contributed by atoms with van der Waals surface area (Å²) in [5, 5.41) is 2.28. The second-order valence-electron chi connectivity index (χ2n) is 3.95. The van der Waals surface area contributed by atoms with Gasteiger partial charge in [0.15, 0.2) is 0 Å². The van der Waals surface area contributed by atoms with Crippen LogP contribution >= 0.6 is 12.6 Å². The van der Waals surface area contributed by atoms with E-state index in [2.05, 4.69) is 22.7 Å². The first-order valence-corrected chi connectivity index (χ1v) is 6.31. The highest BCUT2D eigenvalue weighted by Crippen LogP contribution is 2.15. The molecule has 0 unspecified atom stereocenters. The number of nitrogens with one attached hydrogen (secondary N) is 1. The van der Waals surface area contributed by atoms with Gasteiger partial charge in [0, 0.05) is 11.4 Å². The van der Waals surface area contributed by atoms with Gasteiger partial charge in [-0.2, -0.15) is 0 Å². The molecule has 0 saturated heterocycles. The third-order valence-corrected chi connectivity index (χ3v) is 3.03. The van der Waals surface area contributed by atoms with E-state index >= 15 is 0 Å². The van der Waals surface area contributed by atoms with Crippen LogP contribution in [0.3, 0.4) is 0 Å². The fourth-order valence-corrected chi connectivity index (χ4v) is 1.77. The molecule has 1 rings (SSSR count). The Morgan fingerprint density at radius 1 is 1.40 bits per heavy atom. The zero-order valence-corrected chi connectivity index (χ0v) is 11.9. The van der Waals surface area contributed by atoms with E-state index in [0.29, 0.717) is 6.41 Å². The molecule has 20 heavy (non-hydrogen) atoms. The molecule has 0 heterocycles. The van der Waals surface area contributed by atoms with Crippen molar-refractivity contribution in [2.45, 2.75) is 11.4 Å². The predicted octanol–water partition coefficient (Wildman–Crippen LogP) is 0.223. The smallest absolute Gasteiger partial charge is 0.325 e. The second kappa shape index (κ2) is 8.21. The van der Waals surface area contributed by atoms with Gasteiger partial charge in [0.2, 0.25) is 12.3 Å². The molecule has 2 amide bonds. The Morgan fingerprint density at radius 3 is 2.70 bits per heavy atom. The van der Waals surface area contributed by atoms with E-state index in [1.165, 1.54) is 12.0 Å². The minimum atomic E-state index is -0.527. The van der Waals surface area contributed by atoms with Gasteiger partial charge in [-0.05, 0) is 11.6 Å². The average molecular weight is 296 g/mol. The second-order valence-corrected chi connectivity index (χ2v) is 4.44. The molecule has 0 saturated carbocycles. The van der Waals surface area contributed by atoms with Crippen LogP contribution in [0.15, 0.2) is 29.2 Å². The lowest BCUT2D eigenvalue weighted by atomic mass is 10.2. The van der Waals surface area contributed by atoms with E-state index in [4.69, 9.17) is 0 Å².